The molecule has 1 aromatic rings. The number of nitrogens with two attached hydrogens (primary N) is 1. The highest BCUT2D eigenvalue weighted by Crippen LogP contribution is 2.23. The molecule has 98 valence electrons. The van der Waals surface area contributed by atoms with Gasteiger partial charge in [0.05, 0.1) is 19.0 Å². The average molecular weight is 250 g/mol. The van der Waals surface area contributed by atoms with E-state index in [0.29, 0.717) is 18.2 Å². The quantitative estimate of drug-likeness (QED) is 0.805. The van der Waals surface area contributed by atoms with Crippen LogP contribution in [-0.2, 0) is 9.53 Å². The third-order valence-electron chi connectivity index (χ3n) is 3.00. The number of nitrogen functional groups attached to an aromatic ring is 1. The van der Waals surface area contributed by atoms with Crippen LogP contribution in [-0.4, -0.2) is 35.1 Å². The zero-order valence-electron chi connectivity index (χ0n) is 10.5. The number of carbonyl (C=O) groups is 1. The lowest BCUT2D eigenvalue weighted by atomic mass is 10.0. The van der Waals surface area contributed by atoms with Crippen LogP contribution >= 0.6 is 0 Å². The maximum absolute atomic E-state index is 11.9. The fourth-order valence-corrected chi connectivity index (χ4v) is 2.20. The van der Waals surface area contributed by atoms with E-state index in [9.17, 15) is 4.79 Å². The number of esters is 1. The third kappa shape index (κ3) is 2.69. The van der Waals surface area contributed by atoms with Gasteiger partial charge in [0.15, 0.2) is 0 Å². The minimum absolute atomic E-state index is 0.193. The van der Waals surface area contributed by atoms with Crippen molar-refractivity contribution in [3.8, 4) is 0 Å². The van der Waals surface area contributed by atoms with Gasteiger partial charge in [0.25, 0.3) is 0 Å². The molecule has 1 aliphatic heterocycles. The van der Waals surface area contributed by atoms with Gasteiger partial charge < -0.3 is 15.4 Å². The van der Waals surface area contributed by atoms with Crippen molar-refractivity contribution in [2.24, 2.45) is 0 Å². The molecule has 0 aliphatic carbocycles. The summed E-state index contributed by atoms with van der Waals surface area (Å²) in [5.74, 6) is 0.815. The summed E-state index contributed by atoms with van der Waals surface area (Å²) in [6.07, 6.45) is 5.97. The summed E-state index contributed by atoms with van der Waals surface area (Å²) in [4.78, 5) is 22.1. The molecule has 6 heteroatoms. The predicted molar refractivity (Wildman–Crippen MR) is 68.1 cm³/mol. The average Bonchev–Trinajstić information content (AvgIpc) is 2.39. The maximum Gasteiger partial charge on any atom is 0.328 e. The van der Waals surface area contributed by atoms with E-state index in [0.717, 1.165) is 25.8 Å². The Morgan fingerprint density at radius 1 is 1.56 bits per heavy atom. The monoisotopic (exact) mass is 250 g/mol. The van der Waals surface area contributed by atoms with Crippen molar-refractivity contribution >= 4 is 17.6 Å². The Kier molecular flexibility index (Phi) is 3.96. The van der Waals surface area contributed by atoms with Crippen LogP contribution in [0.4, 0.5) is 11.6 Å². The van der Waals surface area contributed by atoms with E-state index in [-0.39, 0.29) is 12.0 Å². The summed E-state index contributed by atoms with van der Waals surface area (Å²) >= 11 is 0. The number of anilines is 2. The first-order chi connectivity index (χ1) is 8.72. The Morgan fingerprint density at radius 3 is 3.11 bits per heavy atom. The van der Waals surface area contributed by atoms with Gasteiger partial charge in [0.2, 0.25) is 0 Å². The van der Waals surface area contributed by atoms with E-state index in [1.54, 1.807) is 6.20 Å². The van der Waals surface area contributed by atoms with Crippen molar-refractivity contribution in [3.63, 3.8) is 0 Å². The van der Waals surface area contributed by atoms with Crippen LogP contribution in [0, 0.1) is 0 Å². The van der Waals surface area contributed by atoms with Crippen LogP contribution < -0.4 is 10.6 Å². The van der Waals surface area contributed by atoms with Crippen molar-refractivity contribution in [2.45, 2.75) is 32.2 Å². The second-order valence-electron chi connectivity index (χ2n) is 4.26. The molecule has 1 saturated heterocycles. The fraction of sp³-hybridized carbons (Fsp3) is 0.583. The summed E-state index contributed by atoms with van der Waals surface area (Å²) in [5.41, 5.74) is 5.63. The van der Waals surface area contributed by atoms with E-state index >= 15 is 0 Å². The van der Waals surface area contributed by atoms with Crippen LogP contribution in [0.3, 0.4) is 0 Å². The molecule has 1 unspecified atom stereocenters. The smallest absolute Gasteiger partial charge is 0.328 e. The topological polar surface area (TPSA) is 81.3 Å². The number of hydrogen-bond donors (Lipinski definition) is 1. The number of rotatable bonds is 3. The second-order valence-corrected chi connectivity index (χ2v) is 4.26. The Labute approximate surface area is 106 Å². The summed E-state index contributed by atoms with van der Waals surface area (Å²) in [5, 5.41) is 0. The van der Waals surface area contributed by atoms with E-state index in [2.05, 4.69) is 9.97 Å². The van der Waals surface area contributed by atoms with Crippen molar-refractivity contribution in [1.82, 2.24) is 9.97 Å². The Morgan fingerprint density at radius 2 is 2.39 bits per heavy atom. The number of carbonyl (C=O) groups excluding carboxylic acids is 1. The lowest BCUT2D eigenvalue weighted by Crippen LogP contribution is -2.46. The molecule has 1 aliphatic rings. The van der Waals surface area contributed by atoms with Crippen molar-refractivity contribution in [2.75, 3.05) is 23.8 Å². The van der Waals surface area contributed by atoms with Gasteiger partial charge in [0, 0.05) is 6.54 Å². The lowest BCUT2D eigenvalue weighted by Gasteiger charge is -2.34. The largest absolute Gasteiger partial charge is 0.464 e. The SMILES string of the molecule is CCOC(=O)C1CCCCN1c1cncc(N)n1. The van der Waals surface area contributed by atoms with Gasteiger partial charge in [-0.25, -0.2) is 9.78 Å². The van der Waals surface area contributed by atoms with Gasteiger partial charge in [-0.05, 0) is 26.2 Å². The molecule has 0 aromatic carbocycles. The fourth-order valence-electron chi connectivity index (χ4n) is 2.20. The molecule has 1 aromatic heterocycles. The first-order valence-corrected chi connectivity index (χ1v) is 6.23. The van der Waals surface area contributed by atoms with Gasteiger partial charge in [-0.15, -0.1) is 0 Å². The summed E-state index contributed by atoms with van der Waals surface area (Å²) < 4.78 is 5.10. The molecule has 1 atom stereocenters. The molecule has 18 heavy (non-hydrogen) atoms. The van der Waals surface area contributed by atoms with Gasteiger partial charge in [-0.2, -0.15) is 0 Å². The number of nitrogens with zero attached hydrogens (tertiary/aromatic N) is 3. The van der Waals surface area contributed by atoms with E-state index in [4.69, 9.17) is 10.5 Å². The van der Waals surface area contributed by atoms with Crippen LogP contribution in [0.1, 0.15) is 26.2 Å². The normalized spacial score (nSPS) is 19.6. The van der Waals surface area contributed by atoms with Gasteiger partial charge in [0.1, 0.15) is 17.7 Å². The maximum atomic E-state index is 11.9. The highest BCUT2D eigenvalue weighted by atomic mass is 16.5. The van der Waals surface area contributed by atoms with Gasteiger partial charge >= 0.3 is 5.97 Å². The third-order valence-corrected chi connectivity index (χ3v) is 3.00. The summed E-state index contributed by atoms with van der Waals surface area (Å²) in [6, 6.07) is -0.269. The van der Waals surface area contributed by atoms with Gasteiger partial charge in [-0.3, -0.25) is 4.98 Å². The van der Waals surface area contributed by atoms with Gasteiger partial charge in [-0.1, -0.05) is 0 Å². The molecule has 2 heterocycles. The minimum Gasteiger partial charge on any atom is -0.464 e. The first-order valence-electron chi connectivity index (χ1n) is 6.23. The number of aromatic nitrogens is 2. The molecule has 0 saturated carbocycles. The predicted octanol–water partition coefficient (Wildman–Crippen LogP) is 0.981. The molecule has 6 nitrogen and oxygen atoms in total. The summed E-state index contributed by atoms with van der Waals surface area (Å²) in [7, 11) is 0. The van der Waals surface area contributed by atoms with Crippen LogP contribution in [0.25, 0.3) is 0 Å². The number of piperidine rings is 1. The number of ether oxygens (including phenoxy) is 1. The molecule has 2 N–H and O–H groups in total. The number of hydrogen-bond acceptors (Lipinski definition) is 6. The molecular formula is C12H18N4O2. The molecule has 0 radical (unpaired) electrons. The van der Waals surface area contributed by atoms with Crippen molar-refractivity contribution < 1.29 is 9.53 Å². The first kappa shape index (κ1) is 12.6. The highest BCUT2D eigenvalue weighted by molar-refractivity contribution is 5.80. The van der Waals surface area contributed by atoms with E-state index < -0.39 is 0 Å². The Hall–Kier alpha value is -1.85. The zero-order valence-corrected chi connectivity index (χ0v) is 10.5. The van der Waals surface area contributed by atoms with Crippen LogP contribution in [0.5, 0.6) is 0 Å². The lowest BCUT2D eigenvalue weighted by molar-refractivity contribution is -0.145. The highest BCUT2D eigenvalue weighted by Gasteiger charge is 2.30. The van der Waals surface area contributed by atoms with E-state index in [1.807, 2.05) is 11.8 Å². The summed E-state index contributed by atoms with van der Waals surface area (Å²) in [6.45, 7) is 2.98. The van der Waals surface area contributed by atoms with E-state index in [1.165, 1.54) is 6.20 Å². The molecular weight excluding hydrogens is 232 g/mol. The molecule has 0 amide bonds. The molecule has 0 spiro atoms. The Bertz CT molecular complexity index is 424. The van der Waals surface area contributed by atoms with Crippen LogP contribution in [0.15, 0.2) is 12.4 Å². The standard InChI is InChI=1S/C12H18N4O2/c1-2-18-12(17)9-5-3-4-6-16(9)11-8-14-7-10(13)15-11/h7-9H,2-6H2,1H3,(H2,13,15). The molecule has 2 rings (SSSR count). The molecule has 1 fully saturated rings. The zero-order chi connectivity index (χ0) is 13.0. The Balaban J connectivity index is 2.20. The molecule has 0 bridgehead atoms. The van der Waals surface area contributed by atoms with Crippen molar-refractivity contribution in [1.29, 1.82) is 0 Å². The van der Waals surface area contributed by atoms with Crippen LogP contribution in [0.2, 0.25) is 0 Å². The minimum atomic E-state index is -0.269. The van der Waals surface area contributed by atoms with Crippen molar-refractivity contribution in [3.05, 3.63) is 12.4 Å². The second kappa shape index (κ2) is 5.66.